The molecule has 0 saturated heterocycles. The van der Waals surface area contributed by atoms with E-state index in [-0.39, 0.29) is 16.9 Å². The number of pyridine rings is 1. The van der Waals surface area contributed by atoms with Gasteiger partial charge in [0.1, 0.15) is 11.3 Å². The number of carbonyl (C=O) groups is 1. The van der Waals surface area contributed by atoms with Crippen molar-refractivity contribution in [2.45, 2.75) is 6.18 Å². The molecule has 164 valence electrons. The summed E-state index contributed by atoms with van der Waals surface area (Å²) in [6.07, 6.45) is -3.10. The number of halogens is 5. The molecule has 12 heteroatoms. The van der Waals surface area contributed by atoms with Crippen molar-refractivity contribution in [1.82, 2.24) is 15.0 Å². The first-order chi connectivity index (χ1) is 15.2. The molecule has 0 unspecified atom stereocenters. The number of ether oxygens (including phenoxy) is 1. The van der Waals surface area contributed by atoms with Crippen molar-refractivity contribution in [1.29, 1.82) is 0 Å². The van der Waals surface area contributed by atoms with Gasteiger partial charge in [0.2, 0.25) is 0 Å². The molecule has 7 nitrogen and oxygen atoms in total. The zero-order valence-electron chi connectivity index (χ0n) is 15.8. The summed E-state index contributed by atoms with van der Waals surface area (Å²) in [4.78, 5) is 23.2. The van der Waals surface area contributed by atoms with Crippen LogP contribution >= 0.6 is 23.2 Å². The average Bonchev–Trinajstić information content (AvgIpc) is 3.14. The third kappa shape index (κ3) is 4.87. The van der Waals surface area contributed by atoms with E-state index in [0.29, 0.717) is 22.5 Å². The molecule has 0 radical (unpaired) electrons. The molecule has 2 aromatic carbocycles. The van der Waals surface area contributed by atoms with Crippen LogP contribution in [0.4, 0.5) is 29.3 Å². The van der Waals surface area contributed by atoms with Crippen LogP contribution in [0.3, 0.4) is 0 Å². The van der Waals surface area contributed by atoms with Gasteiger partial charge in [0, 0.05) is 17.6 Å². The van der Waals surface area contributed by atoms with Crippen LogP contribution in [0.15, 0.2) is 54.7 Å². The molecule has 32 heavy (non-hydrogen) atoms. The zero-order chi connectivity index (χ0) is 22.9. The number of nitrogens with one attached hydrogen (secondary N) is 3. The number of rotatable bonds is 4. The lowest BCUT2D eigenvalue weighted by Crippen LogP contribution is -2.19. The number of urea groups is 1. The van der Waals surface area contributed by atoms with Gasteiger partial charge in [-0.05, 0) is 48.5 Å². The maximum Gasteiger partial charge on any atom is 0.417 e. The van der Waals surface area contributed by atoms with E-state index in [1.165, 1.54) is 12.3 Å². The minimum absolute atomic E-state index is 0.0581. The van der Waals surface area contributed by atoms with E-state index in [0.717, 1.165) is 12.1 Å². The number of carbonyl (C=O) groups excluding carboxylic acids is 1. The van der Waals surface area contributed by atoms with E-state index in [4.69, 9.17) is 27.9 Å². The summed E-state index contributed by atoms with van der Waals surface area (Å²) in [7, 11) is 0. The Morgan fingerprint density at radius 1 is 1.00 bits per heavy atom. The summed E-state index contributed by atoms with van der Waals surface area (Å²) in [6, 6.07) is 10.5. The molecule has 2 aromatic heterocycles. The van der Waals surface area contributed by atoms with Crippen molar-refractivity contribution in [2.24, 2.45) is 0 Å². The minimum Gasteiger partial charge on any atom is -0.426 e. The fourth-order valence-electron chi connectivity index (χ4n) is 2.76. The predicted molar refractivity (Wildman–Crippen MR) is 115 cm³/mol. The summed E-state index contributed by atoms with van der Waals surface area (Å²) in [5, 5.41) is 4.63. The highest BCUT2D eigenvalue weighted by Crippen LogP contribution is 2.36. The van der Waals surface area contributed by atoms with Crippen LogP contribution in [-0.2, 0) is 6.18 Å². The number of imidazole rings is 1. The largest absolute Gasteiger partial charge is 0.426 e. The lowest BCUT2D eigenvalue weighted by molar-refractivity contribution is -0.137. The number of nitrogens with zero attached hydrogens (tertiary/aromatic N) is 2. The van der Waals surface area contributed by atoms with Crippen molar-refractivity contribution < 1.29 is 22.7 Å². The van der Waals surface area contributed by atoms with Crippen LogP contribution in [0.1, 0.15) is 5.56 Å². The zero-order valence-corrected chi connectivity index (χ0v) is 17.3. The summed E-state index contributed by atoms with van der Waals surface area (Å²) >= 11 is 11.6. The normalized spacial score (nSPS) is 11.4. The highest BCUT2D eigenvalue weighted by atomic mass is 35.5. The van der Waals surface area contributed by atoms with Crippen molar-refractivity contribution in [3.05, 3.63) is 70.5 Å². The van der Waals surface area contributed by atoms with Gasteiger partial charge >= 0.3 is 12.2 Å². The highest BCUT2D eigenvalue weighted by molar-refractivity contribution is 6.33. The number of amides is 2. The van der Waals surface area contributed by atoms with Crippen LogP contribution in [0.5, 0.6) is 11.8 Å². The summed E-state index contributed by atoms with van der Waals surface area (Å²) in [5.41, 5.74) is 0.413. The molecule has 0 fully saturated rings. The molecule has 3 N–H and O–H groups in total. The van der Waals surface area contributed by atoms with Crippen LogP contribution < -0.4 is 15.4 Å². The van der Waals surface area contributed by atoms with Crippen LogP contribution in [0.25, 0.3) is 11.0 Å². The number of hydrogen-bond acceptors (Lipinski definition) is 4. The van der Waals surface area contributed by atoms with E-state index < -0.39 is 22.8 Å². The van der Waals surface area contributed by atoms with Gasteiger partial charge in [0.05, 0.1) is 16.1 Å². The Bertz CT molecular complexity index is 1290. The van der Waals surface area contributed by atoms with Crippen LogP contribution in [0, 0.1) is 0 Å². The summed E-state index contributed by atoms with van der Waals surface area (Å²) in [5.74, 6) is 0.423. The molecule has 0 aliphatic rings. The van der Waals surface area contributed by atoms with Gasteiger partial charge in [-0.2, -0.15) is 18.2 Å². The Balaban J connectivity index is 1.40. The lowest BCUT2D eigenvalue weighted by Gasteiger charge is -2.12. The SMILES string of the molecule is O=C(Nc1ccc(Oc2nc3c(Cl)nccc3[nH]2)cc1)Nc1ccc(Cl)c(C(F)(F)F)c1. The average molecular weight is 482 g/mol. The van der Waals surface area contributed by atoms with Gasteiger partial charge < -0.3 is 20.4 Å². The Hall–Kier alpha value is -3.50. The number of hydrogen-bond donors (Lipinski definition) is 3. The van der Waals surface area contributed by atoms with E-state index in [9.17, 15) is 18.0 Å². The predicted octanol–water partition coefficient (Wildman–Crippen LogP) is 6.72. The number of benzene rings is 2. The molecule has 4 aromatic rings. The first-order valence-corrected chi connectivity index (χ1v) is 9.67. The highest BCUT2D eigenvalue weighted by Gasteiger charge is 2.33. The molecule has 2 heterocycles. The Morgan fingerprint density at radius 3 is 2.38 bits per heavy atom. The van der Waals surface area contributed by atoms with Gasteiger partial charge in [-0.25, -0.2) is 9.78 Å². The molecule has 0 spiro atoms. The molecule has 0 aliphatic carbocycles. The van der Waals surface area contributed by atoms with Gasteiger partial charge in [-0.3, -0.25) is 0 Å². The standard InChI is InChI=1S/C20H12Cl2F3N5O2/c21-14-6-3-11(9-13(14)20(23,24)25)28-18(31)27-10-1-4-12(5-2-10)32-19-29-15-7-8-26-17(22)16(15)30-19/h1-9H,(H,29,30)(H2,27,28,31). The first-order valence-electron chi connectivity index (χ1n) is 8.92. The molecule has 4 rings (SSSR count). The molecule has 2 amide bonds. The minimum atomic E-state index is -4.64. The topological polar surface area (TPSA) is 91.9 Å². The first kappa shape index (κ1) is 21.7. The van der Waals surface area contributed by atoms with Gasteiger partial charge in [-0.15, -0.1) is 0 Å². The van der Waals surface area contributed by atoms with Crippen LogP contribution in [-0.4, -0.2) is 21.0 Å². The Morgan fingerprint density at radius 2 is 1.69 bits per heavy atom. The molecular weight excluding hydrogens is 470 g/mol. The fraction of sp³-hybridized carbons (Fsp3) is 0.0500. The smallest absolute Gasteiger partial charge is 0.417 e. The van der Waals surface area contributed by atoms with E-state index >= 15 is 0 Å². The Kier molecular flexibility index (Phi) is 5.81. The van der Waals surface area contributed by atoms with Crippen molar-refractivity contribution in [2.75, 3.05) is 10.6 Å². The fourth-order valence-corrected chi connectivity index (χ4v) is 3.19. The number of aromatic amines is 1. The molecule has 0 bridgehead atoms. The van der Waals surface area contributed by atoms with Crippen molar-refractivity contribution in [3.63, 3.8) is 0 Å². The van der Waals surface area contributed by atoms with E-state index in [1.807, 2.05) is 0 Å². The second kappa shape index (κ2) is 8.56. The Labute approximate surface area is 188 Å². The van der Waals surface area contributed by atoms with Gasteiger partial charge in [0.15, 0.2) is 5.15 Å². The third-order valence-corrected chi connectivity index (χ3v) is 4.80. The van der Waals surface area contributed by atoms with Gasteiger partial charge in [0.25, 0.3) is 6.01 Å². The summed E-state index contributed by atoms with van der Waals surface area (Å²) in [6.45, 7) is 0. The number of fused-ring (bicyclic) bond motifs is 1. The second-order valence-electron chi connectivity index (χ2n) is 6.44. The molecule has 0 aliphatic heterocycles. The van der Waals surface area contributed by atoms with Crippen molar-refractivity contribution in [3.8, 4) is 11.8 Å². The number of H-pyrrole nitrogens is 1. The van der Waals surface area contributed by atoms with E-state index in [2.05, 4.69) is 25.6 Å². The third-order valence-electron chi connectivity index (χ3n) is 4.19. The molecule has 0 atom stereocenters. The monoisotopic (exact) mass is 481 g/mol. The lowest BCUT2D eigenvalue weighted by atomic mass is 10.2. The van der Waals surface area contributed by atoms with Crippen LogP contribution in [0.2, 0.25) is 10.2 Å². The molecule has 0 saturated carbocycles. The van der Waals surface area contributed by atoms with E-state index in [1.54, 1.807) is 30.3 Å². The number of alkyl halides is 3. The maximum atomic E-state index is 12.9. The quantitative estimate of drug-likeness (QED) is 0.282. The number of aromatic nitrogens is 3. The number of anilines is 2. The molecular formula is C20H12Cl2F3N5O2. The maximum absolute atomic E-state index is 12.9. The summed E-state index contributed by atoms with van der Waals surface area (Å²) < 4.78 is 44.5. The van der Waals surface area contributed by atoms with Crippen molar-refractivity contribution >= 4 is 51.6 Å². The second-order valence-corrected chi connectivity index (χ2v) is 7.20. The van der Waals surface area contributed by atoms with Gasteiger partial charge in [-0.1, -0.05) is 23.2 Å².